The molecule has 1 aliphatic heterocycles. The smallest absolute Gasteiger partial charge is 0.273 e. The lowest BCUT2D eigenvalue weighted by atomic mass is 9.51. The average molecular weight is 362 g/mol. The maximum atomic E-state index is 12.3. The van der Waals surface area contributed by atoms with Crippen LogP contribution in [-0.4, -0.2) is 36.8 Å². The number of ether oxygens (including phenoxy) is 2. The summed E-state index contributed by atoms with van der Waals surface area (Å²) in [7, 11) is 0. The summed E-state index contributed by atoms with van der Waals surface area (Å²) in [4.78, 5) is 17.1. The highest BCUT2D eigenvalue weighted by Gasteiger charge is 2.47. The van der Waals surface area contributed by atoms with Crippen molar-refractivity contribution in [1.82, 2.24) is 10.3 Å². The van der Waals surface area contributed by atoms with Gasteiger partial charge in [-0.2, -0.15) is 0 Å². The summed E-state index contributed by atoms with van der Waals surface area (Å²) in [5.41, 5.74) is 0. The molecule has 6 heteroatoms. The number of nitrogens with one attached hydrogen (secondary N) is 1. The Morgan fingerprint density at radius 2 is 1.96 bits per heavy atom. The fourth-order valence-corrected chi connectivity index (χ4v) is 6.40. The van der Waals surface area contributed by atoms with E-state index in [1.165, 1.54) is 43.4 Å². The molecule has 5 fully saturated rings. The molecule has 4 saturated carbocycles. The summed E-state index contributed by atoms with van der Waals surface area (Å²) in [6.45, 7) is 2.08. The SMILES string of the molecule is O=C(NCCC1C2CC3CC(C2)CC1C3)c1cnc(OCC2CO2)s1. The summed E-state index contributed by atoms with van der Waals surface area (Å²) in [5.74, 6) is 4.73. The van der Waals surface area contributed by atoms with Crippen LogP contribution in [0.1, 0.15) is 48.2 Å². The molecule has 0 radical (unpaired) electrons. The molecule has 1 N–H and O–H groups in total. The topological polar surface area (TPSA) is 63.8 Å². The van der Waals surface area contributed by atoms with Crippen LogP contribution in [-0.2, 0) is 4.74 Å². The van der Waals surface area contributed by atoms with E-state index >= 15 is 0 Å². The van der Waals surface area contributed by atoms with Crippen LogP contribution in [0, 0.1) is 29.6 Å². The highest BCUT2D eigenvalue weighted by molar-refractivity contribution is 7.15. The number of carbonyl (C=O) groups excluding carboxylic acids is 1. The molecule has 136 valence electrons. The molecule has 0 aromatic carbocycles. The molecule has 4 bridgehead atoms. The van der Waals surface area contributed by atoms with Gasteiger partial charge in [-0.25, -0.2) is 4.98 Å². The molecule has 1 atom stereocenters. The first-order valence-electron chi connectivity index (χ1n) is 9.73. The zero-order valence-electron chi connectivity index (χ0n) is 14.5. The predicted molar refractivity (Wildman–Crippen MR) is 94.8 cm³/mol. The predicted octanol–water partition coefficient (Wildman–Crippen LogP) is 3.11. The van der Waals surface area contributed by atoms with E-state index in [-0.39, 0.29) is 12.0 Å². The molecule has 6 rings (SSSR count). The van der Waals surface area contributed by atoms with Crippen molar-refractivity contribution in [3.05, 3.63) is 11.1 Å². The minimum absolute atomic E-state index is 0.0150. The van der Waals surface area contributed by atoms with E-state index in [9.17, 15) is 4.79 Å². The van der Waals surface area contributed by atoms with Gasteiger partial charge in [-0.15, -0.1) is 0 Å². The molecule has 1 aromatic rings. The first-order valence-corrected chi connectivity index (χ1v) is 10.5. The number of amides is 1. The van der Waals surface area contributed by atoms with Gasteiger partial charge < -0.3 is 14.8 Å². The molecule has 5 aliphatic rings. The van der Waals surface area contributed by atoms with E-state index in [0.29, 0.717) is 16.7 Å². The number of hydrogen-bond donors (Lipinski definition) is 1. The van der Waals surface area contributed by atoms with E-state index in [0.717, 1.165) is 49.2 Å². The second kappa shape index (κ2) is 6.54. The van der Waals surface area contributed by atoms with Crippen molar-refractivity contribution in [3.63, 3.8) is 0 Å². The summed E-state index contributed by atoms with van der Waals surface area (Å²) in [6.07, 6.45) is 10.3. The van der Waals surface area contributed by atoms with Crippen LogP contribution < -0.4 is 10.1 Å². The van der Waals surface area contributed by atoms with Gasteiger partial charge in [0.2, 0.25) is 0 Å². The van der Waals surface area contributed by atoms with Gasteiger partial charge in [0.1, 0.15) is 17.6 Å². The van der Waals surface area contributed by atoms with Crippen molar-refractivity contribution in [3.8, 4) is 5.19 Å². The maximum Gasteiger partial charge on any atom is 0.273 e. The molecular formula is C19H26N2O3S. The Morgan fingerprint density at radius 1 is 1.24 bits per heavy atom. The number of thiazole rings is 1. The summed E-state index contributed by atoms with van der Waals surface area (Å²) < 4.78 is 10.6. The number of epoxide rings is 1. The highest BCUT2D eigenvalue weighted by atomic mass is 32.1. The highest BCUT2D eigenvalue weighted by Crippen LogP contribution is 2.57. The minimum atomic E-state index is -0.0150. The van der Waals surface area contributed by atoms with Gasteiger partial charge in [-0.1, -0.05) is 11.3 Å². The summed E-state index contributed by atoms with van der Waals surface area (Å²) in [6, 6.07) is 0. The molecule has 4 aliphatic carbocycles. The van der Waals surface area contributed by atoms with Crippen molar-refractivity contribution in [2.24, 2.45) is 29.6 Å². The number of carbonyl (C=O) groups is 1. The van der Waals surface area contributed by atoms with Crippen LogP contribution in [0.2, 0.25) is 0 Å². The Labute approximate surface area is 152 Å². The van der Waals surface area contributed by atoms with Crippen molar-refractivity contribution >= 4 is 17.2 Å². The van der Waals surface area contributed by atoms with Crippen molar-refractivity contribution in [2.45, 2.75) is 44.6 Å². The van der Waals surface area contributed by atoms with Crippen LogP contribution in [0.5, 0.6) is 5.19 Å². The monoisotopic (exact) mass is 362 g/mol. The second-order valence-corrected chi connectivity index (χ2v) is 9.39. The first-order chi connectivity index (χ1) is 12.2. The maximum absolute atomic E-state index is 12.3. The third kappa shape index (κ3) is 3.43. The fraction of sp³-hybridized carbons (Fsp3) is 0.789. The van der Waals surface area contributed by atoms with Gasteiger partial charge in [0.15, 0.2) is 0 Å². The van der Waals surface area contributed by atoms with Gasteiger partial charge in [0.25, 0.3) is 11.1 Å². The number of aromatic nitrogens is 1. The van der Waals surface area contributed by atoms with Gasteiger partial charge in [0.05, 0.1) is 12.8 Å². The lowest BCUT2D eigenvalue weighted by Gasteiger charge is -2.54. The van der Waals surface area contributed by atoms with Crippen LogP contribution in [0.25, 0.3) is 0 Å². The van der Waals surface area contributed by atoms with Crippen LogP contribution in [0.15, 0.2) is 6.20 Å². The van der Waals surface area contributed by atoms with E-state index in [1.807, 2.05) is 0 Å². The number of hydrogen-bond acceptors (Lipinski definition) is 5. The quantitative estimate of drug-likeness (QED) is 0.757. The Kier molecular flexibility index (Phi) is 4.20. The molecule has 1 saturated heterocycles. The van der Waals surface area contributed by atoms with E-state index in [1.54, 1.807) is 6.20 Å². The first kappa shape index (κ1) is 16.1. The molecule has 1 aromatic heterocycles. The molecule has 1 unspecified atom stereocenters. The molecule has 0 spiro atoms. The Hall–Kier alpha value is -1.14. The van der Waals surface area contributed by atoms with Crippen LogP contribution >= 0.6 is 11.3 Å². The second-order valence-electron chi connectivity index (χ2n) is 8.40. The lowest BCUT2D eigenvalue weighted by molar-refractivity contribution is -0.0391. The standard InChI is InChI=1S/C19H26N2O3S/c22-18(17-8-21-19(25-17)24-10-15-9-23-15)20-2-1-16-13-4-11-3-12(6-13)7-14(16)5-11/h8,11-16H,1-7,9-10H2,(H,20,22). The summed E-state index contributed by atoms with van der Waals surface area (Å²) >= 11 is 1.32. The Morgan fingerprint density at radius 3 is 2.64 bits per heavy atom. The van der Waals surface area contributed by atoms with Crippen molar-refractivity contribution in [1.29, 1.82) is 0 Å². The van der Waals surface area contributed by atoms with E-state index in [4.69, 9.17) is 9.47 Å². The van der Waals surface area contributed by atoms with Crippen molar-refractivity contribution in [2.75, 3.05) is 19.8 Å². The van der Waals surface area contributed by atoms with Crippen LogP contribution in [0.3, 0.4) is 0 Å². The number of nitrogens with zero attached hydrogens (tertiary/aromatic N) is 1. The molecule has 1 amide bonds. The van der Waals surface area contributed by atoms with E-state index < -0.39 is 0 Å². The Balaban J connectivity index is 1.10. The third-order valence-corrected chi connectivity index (χ3v) is 7.60. The fourth-order valence-electron chi connectivity index (χ4n) is 5.71. The molecule has 25 heavy (non-hydrogen) atoms. The van der Waals surface area contributed by atoms with Gasteiger partial charge in [-0.3, -0.25) is 4.79 Å². The minimum Gasteiger partial charge on any atom is -0.467 e. The molecular weight excluding hydrogens is 336 g/mol. The van der Waals surface area contributed by atoms with E-state index in [2.05, 4.69) is 10.3 Å². The normalized spacial score (nSPS) is 37.9. The van der Waals surface area contributed by atoms with Crippen molar-refractivity contribution < 1.29 is 14.3 Å². The zero-order chi connectivity index (χ0) is 16.8. The number of rotatable bonds is 7. The third-order valence-electron chi connectivity index (χ3n) is 6.69. The van der Waals surface area contributed by atoms with Gasteiger partial charge in [-0.05, 0) is 68.1 Å². The molecule has 2 heterocycles. The molecule has 5 nitrogen and oxygen atoms in total. The zero-order valence-corrected chi connectivity index (χ0v) is 15.3. The van der Waals surface area contributed by atoms with Gasteiger partial charge >= 0.3 is 0 Å². The lowest BCUT2D eigenvalue weighted by Crippen LogP contribution is -2.46. The van der Waals surface area contributed by atoms with Crippen LogP contribution in [0.4, 0.5) is 0 Å². The van der Waals surface area contributed by atoms with Gasteiger partial charge in [0, 0.05) is 6.54 Å². The Bertz CT molecular complexity index is 614. The summed E-state index contributed by atoms with van der Waals surface area (Å²) in [5, 5.41) is 3.66. The average Bonchev–Trinajstić information content (AvgIpc) is 3.30. The largest absolute Gasteiger partial charge is 0.467 e.